The molecule has 0 fully saturated rings. The third-order valence-corrected chi connectivity index (χ3v) is 4.68. The summed E-state index contributed by atoms with van der Waals surface area (Å²) in [6.45, 7) is 8.29. The van der Waals surface area contributed by atoms with Crippen LogP contribution < -0.4 is 19.5 Å². The van der Waals surface area contributed by atoms with Crippen molar-refractivity contribution in [3.8, 4) is 17.2 Å². The Morgan fingerprint density at radius 3 is 2.42 bits per heavy atom. The molecule has 0 spiro atoms. The van der Waals surface area contributed by atoms with E-state index in [-0.39, 0.29) is 6.04 Å². The summed E-state index contributed by atoms with van der Waals surface area (Å²) >= 11 is 3.54. The van der Waals surface area contributed by atoms with Crippen molar-refractivity contribution in [1.29, 1.82) is 0 Å². The normalized spacial score (nSPS) is 11.9. The molecule has 0 heterocycles. The molecule has 2 aromatic carbocycles. The van der Waals surface area contributed by atoms with Crippen LogP contribution in [0.4, 0.5) is 0 Å². The summed E-state index contributed by atoms with van der Waals surface area (Å²) in [6, 6.07) is 12.5. The van der Waals surface area contributed by atoms with Gasteiger partial charge in [-0.2, -0.15) is 0 Å². The van der Waals surface area contributed by atoms with Gasteiger partial charge in [0, 0.05) is 12.6 Å². The first-order valence-electron chi connectivity index (χ1n) is 9.04. The smallest absolute Gasteiger partial charge is 0.161 e. The average molecular weight is 422 g/mol. The molecule has 0 radical (unpaired) electrons. The van der Waals surface area contributed by atoms with Crippen molar-refractivity contribution in [2.75, 3.05) is 20.3 Å². The van der Waals surface area contributed by atoms with Crippen LogP contribution in [0.2, 0.25) is 0 Å². The van der Waals surface area contributed by atoms with Gasteiger partial charge in [0.25, 0.3) is 0 Å². The average Bonchev–Trinajstić information content (AvgIpc) is 2.65. The highest BCUT2D eigenvalue weighted by Crippen LogP contribution is 2.30. The van der Waals surface area contributed by atoms with Crippen LogP contribution in [0.25, 0.3) is 0 Å². The maximum Gasteiger partial charge on any atom is 0.161 e. The van der Waals surface area contributed by atoms with E-state index in [4.69, 9.17) is 14.2 Å². The van der Waals surface area contributed by atoms with Gasteiger partial charge in [0.2, 0.25) is 0 Å². The molecular formula is C21H28BrNO3. The van der Waals surface area contributed by atoms with E-state index in [1.807, 2.05) is 19.1 Å². The van der Waals surface area contributed by atoms with Gasteiger partial charge in [0.15, 0.2) is 11.5 Å². The highest BCUT2D eigenvalue weighted by molar-refractivity contribution is 9.10. The molecule has 1 atom stereocenters. The van der Waals surface area contributed by atoms with E-state index in [2.05, 4.69) is 59.4 Å². The lowest BCUT2D eigenvalue weighted by Crippen LogP contribution is -2.18. The highest BCUT2D eigenvalue weighted by atomic mass is 79.9. The number of hydrogen-bond acceptors (Lipinski definition) is 4. The third-order valence-electron chi connectivity index (χ3n) is 4.06. The topological polar surface area (TPSA) is 39.7 Å². The predicted octanol–water partition coefficient (Wildman–Crippen LogP) is 5.50. The molecule has 0 aliphatic heterocycles. The molecule has 0 saturated heterocycles. The molecule has 0 aliphatic rings. The van der Waals surface area contributed by atoms with E-state index in [1.54, 1.807) is 7.11 Å². The molecule has 2 aromatic rings. The zero-order chi connectivity index (χ0) is 18.9. The number of rotatable bonds is 10. The van der Waals surface area contributed by atoms with Crippen molar-refractivity contribution in [3.05, 3.63) is 52.0 Å². The van der Waals surface area contributed by atoms with E-state index in [0.29, 0.717) is 13.2 Å². The van der Waals surface area contributed by atoms with Gasteiger partial charge >= 0.3 is 0 Å². The number of hydrogen-bond donors (Lipinski definition) is 1. The van der Waals surface area contributed by atoms with Gasteiger partial charge < -0.3 is 19.5 Å². The first-order chi connectivity index (χ1) is 12.6. The van der Waals surface area contributed by atoms with Crippen molar-refractivity contribution in [2.45, 2.75) is 39.8 Å². The zero-order valence-corrected chi connectivity index (χ0v) is 17.6. The maximum absolute atomic E-state index is 5.76. The van der Waals surface area contributed by atoms with Gasteiger partial charge in [0.1, 0.15) is 5.75 Å². The number of methoxy groups -OCH3 is 1. The monoisotopic (exact) mass is 421 g/mol. The second-order valence-corrected chi connectivity index (χ2v) is 6.91. The molecule has 0 amide bonds. The van der Waals surface area contributed by atoms with Gasteiger partial charge in [-0.25, -0.2) is 0 Å². The lowest BCUT2D eigenvalue weighted by Gasteiger charge is -2.17. The fourth-order valence-corrected chi connectivity index (χ4v) is 3.16. The first-order valence-corrected chi connectivity index (χ1v) is 9.83. The minimum Gasteiger partial charge on any atom is -0.496 e. The van der Waals surface area contributed by atoms with Crippen LogP contribution in [0.1, 0.15) is 44.4 Å². The Labute approximate surface area is 165 Å². The van der Waals surface area contributed by atoms with E-state index < -0.39 is 0 Å². The van der Waals surface area contributed by atoms with Crippen molar-refractivity contribution in [1.82, 2.24) is 5.32 Å². The molecule has 4 nitrogen and oxygen atoms in total. The van der Waals surface area contributed by atoms with Crippen molar-refractivity contribution in [2.24, 2.45) is 0 Å². The van der Waals surface area contributed by atoms with E-state index >= 15 is 0 Å². The second kappa shape index (κ2) is 10.4. The van der Waals surface area contributed by atoms with Crippen LogP contribution in [-0.4, -0.2) is 20.3 Å². The summed E-state index contributed by atoms with van der Waals surface area (Å²) in [4.78, 5) is 0. The minimum atomic E-state index is 0.212. The Bertz CT molecular complexity index is 706. The molecule has 0 aliphatic carbocycles. The summed E-state index contributed by atoms with van der Waals surface area (Å²) in [5.41, 5.74) is 2.36. The fourth-order valence-electron chi connectivity index (χ4n) is 2.60. The Kier molecular flexibility index (Phi) is 8.26. The quantitative estimate of drug-likeness (QED) is 0.549. The lowest BCUT2D eigenvalue weighted by molar-refractivity contribution is 0.276. The van der Waals surface area contributed by atoms with Crippen LogP contribution in [0.15, 0.2) is 40.9 Å². The van der Waals surface area contributed by atoms with Gasteiger partial charge in [-0.15, -0.1) is 0 Å². The summed E-state index contributed by atoms with van der Waals surface area (Å²) in [7, 11) is 1.67. The Morgan fingerprint density at radius 2 is 1.77 bits per heavy atom. The molecule has 0 aromatic heterocycles. The van der Waals surface area contributed by atoms with E-state index in [9.17, 15) is 0 Å². The molecule has 0 saturated carbocycles. The Hall–Kier alpha value is -1.72. The largest absolute Gasteiger partial charge is 0.496 e. The maximum atomic E-state index is 5.76. The molecule has 2 rings (SSSR count). The van der Waals surface area contributed by atoms with Crippen LogP contribution in [-0.2, 0) is 6.54 Å². The standard InChI is InChI=1S/C21H28BrNO3/c1-5-11-26-20-9-7-16(12-21(20)25-6-2)14-23-15(3)17-8-10-19(24-4)18(22)13-17/h7-10,12-13,15,23H,5-6,11,14H2,1-4H3. The third kappa shape index (κ3) is 5.64. The lowest BCUT2D eigenvalue weighted by atomic mass is 10.1. The van der Waals surface area contributed by atoms with Gasteiger partial charge in [-0.05, 0) is 71.6 Å². The predicted molar refractivity (Wildman–Crippen MR) is 109 cm³/mol. The Balaban J connectivity index is 2.03. The number of ether oxygens (including phenoxy) is 3. The summed E-state index contributed by atoms with van der Waals surface area (Å²) in [5, 5.41) is 3.55. The van der Waals surface area contributed by atoms with E-state index in [0.717, 1.165) is 40.3 Å². The van der Waals surface area contributed by atoms with Gasteiger partial charge in [-0.1, -0.05) is 19.1 Å². The molecular weight excluding hydrogens is 394 g/mol. The fraction of sp³-hybridized carbons (Fsp3) is 0.429. The molecule has 0 bridgehead atoms. The molecule has 142 valence electrons. The van der Waals surface area contributed by atoms with Gasteiger partial charge in [0.05, 0.1) is 24.8 Å². The van der Waals surface area contributed by atoms with Crippen molar-refractivity contribution in [3.63, 3.8) is 0 Å². The SMILES string of the molecule is CCCOc1ccc(CNC(C)c2ccc(OC)c(Br)c2)cc1OCC. The zero-order valence-electron chi connectivity index (χ0n) is 16.0. The number of nitrogens with one attached hydrogen (secondary N) is 1. The Morgan fingerprint density at radius 1 is 1.00 bits per heavy atom. The van der Waals surface area contributed by atoms with Crippen LogP contribution >= 0.6 is 15.9 Å². The number of benzene rings is 2. The highest BCUT2D eigenvalue weighted by Gasteiger charge is 2.10. The first kappa shape index (κ1) is 20.6. The second-order valence-electron chi connectivity index (χ2n) is 6.06. The molecule has 26 heavy (non-hydrogen) atoms. The number of halogens is 1. The van der Waals surface area contributed by atoms with Crippen LogP contribution in [0.3, 0.4) is 0 Å². The van der Waals surface area contributed by atoms with Gasteiger partial charge in [-0.3, -0.25) is 0 Å². The van der Waals surface area contributed by atoms with Crippen LogP contribution in [0, 0.1) is 0 Å². The summed E-state index contributed by atoms with van der Waals surface area (Å²) in [5.74, 6) is 2.45. The van der Waals surface area contributed by atoms with E-state index in [1.165, 1.54) is 5.56 Å². The summed E-state index contributed by atoms with van der Waals surface area (Å²) in [6.07, 6.45) is 0.976. The molecule has 1 N–H and O–H groups in total. The molecule has 5 heteroatoms. The minimum absolute atomic E-state index is 0.212. The van der Waals surface area contributed by atoms with Crippen molar-refractivity contribution >= 4 is 15.9 Å². The molecule has 1 unspecified atom stereocenters. The summed E-state index contributed by atoms with van der Waals surface area (Å²) < 4.78 is 17.7. The van der Waals surface area contributed by atoms with Crippen molar-refractivity contribution < 1.29 is 14.2 Å². The van der Waals surface area contributed by atoms with Crippen LogP contribution in [0.5, 0.6) is 17.2 Å².